The van der Waals surface area contributed by atoms with Gasteiger partial charge in [-0.25, -0.2) is 9.97 Å². The summed E-state index contributed by atoms with van der Waals surface area (Å²) in [6.07, 6.45) is 1.78. The normalized spacial score (nSPS) is 14.4. The molecule has 2 amide bonds. The maximum atomic E-state index is 12.9. The summed E-state index contributed by atoms with van der Waals surface area (Å²) >= 11 is 1.37. The number of benzene rings is 1. The van der Waals surface area contributed by atoms with Crippen molar-refractivity contribution in [2.24, 2.45) is 0 Å². The molecule has 3 aromatic rings. The molecule has 0 radical (unpaired) electrons. The summed E-state index contributed by atoms with van der Waals surface area (Å²) < 4.78 is 0.886. The third-order valence-corrected chi connectivity index (χ3v) is 5.39. The van der Waals surface area contributed by atoms with Gasteiger partial charge in [-0.15, -0.1) is 0 Å². The Balaban J connectivity index is 1.46. The number of hydrogen-bond donors (Lipinski definition) is 1. The number of nitrogens with one attached hydrogen (secondary N) is 1. The van der Waals surface area contributed by atoms with E-state index in [-0.39, 0.29) is 11.8 Å². The van der Waals surface area contributed by atoms with E-state index >= 15 is 0 Å². The molecule has 3 heterocycles. The van der Waals surface area contributed by atoms with Crippen LogP contribution in [-0.4, -0.2) is 52.9 Å². The van der Waals surface area contributed by atoms with Gasteiger partial charge in [-0.05, 0) is 30.3 Å². The molecule has 0 saturated carbocycles. The fourth-order valence-electron chi connectivity index (χ4n) is 3.12. The molecule has 1 aliphatic heterocycles. The molecular formula is C19H19N5O2S. The predicted molar refractivity (Wildman–Crippen MR) is 106 cm³/mol. The molecule has 1 aliphatic rings. The average Bonchev–Trinajstić information content (AvgIpc) is 3.09. The molecule has 0 unspecified atom stereocenters. The van der Waals surface area contributed by atoms with Crippen LogP contribution in [0.2, 0.25) is 0 Å². The van der Waals surface area contributed by atoms with Gasteiger partial charge in [0.15, 0.2) is 5.13 Å². The van der Waals surface area contributed by atoms with E-state index in [1.165, 1.54) is 18.3 Å². The molecule has 1 aromatic carbocycles. The molecule has 0 atom stereocenters. The number of hydrogen-bond acceptors (Lipinski definition) is 6. The summed E-state index contributed by atoms with van der Waals surface area (Å²) in [6, 6.07) is 11.3. The molecule has 4 rings (SSSR count). The minimum Gasteiger partial charge on any atom is -0.353 e. The third-order valence-electron chi connectivity index (χ3n) is 4.46. The van der Waals surface area contributed by atoms with Crippen molar-refractivity contribution in [1.29, 1.82) is 0 Å². The summed E-state index contributed by atoms with van der Waals surface area (Å²) in [5.41, 5.74) is 1.42. The van der Waals surface area contributed by atoms with E-state index in [0.717, 1.165) is 29.1 Å². The van der Waals surface area contributed by atoms with E-state index in [9.17, 15) is 9.59 Å². The second-order valence-electron chi connectivity index (χ2n) is 6.35. The van der Waals surface area contributed by atoms with Gasteiger partial charge in [0, 0.05) is 44.9 Å². The van der Waals surface area contributed by atoms with Crippen molar-refractivity contribution < 1.29 is 9.59 Å². The molecular weight excluding hydrogens is 362 g/mol. The lowest BCUT2D eigenvalue weighted by Gasteiger charge is -2.35. The van der Waals surface area contributed by atoms with Gasteiger partial charge in [0.1, 0.15) is 5.82 Å². The van der Waals surface area contributed by atoms with E-state index in [0.29, 0.717) is 23.8 Å². The molecule has 8 heteroatoms. The van der Waals surface area contributed by atoms with Gasteiger partial charge in [-0.1, -0.05) is 17.4 Å². The summed E-state index contributed by atoms with van der Waals surface area (Å²) in [5.74, 6) is 0.810. The zero-order chi connectivity index (χ0) is 18.8. The first-order chi connectivity index (χ1) is 13.1. The van der Waals surface area contributed by atoms with Gasteiger partial charge in [-0.3, -0.25) is 9.59 Å². The number of fused-ring (bicyclic) bond motifs is 1. The number of aromatic nitrogens is 2. The lowest BCUT2D eigenvalue weighted by atomic mass is 10.1. The second-order valence-corrected chi connectivity index (χ2v) is 7.38. The molecule has 0 spiro atoms. The Morgan fingerprint density at radius 1 is 1.11 bits per heavy atom. The van der Waals surface area contributed by atoms with E-state index in [1.807, 2.05) is 35.2 Å². The monoisotopic (exact) mass is 381 g/mol. The maximum Gasteiger partial charge on any atom is 0.254 e. The Morgan fingerprint density at radius 2 is 1.93 bits per heavy atom. The number of rotatable bonds is 3. The van der Waals surface area contributed by atoms with Crippen molar-refractivity contribution in [1.82, 2.24) is 14.9 Å². The molecule has 27 heavy (non-hydrogen) atoms. The summed E-state index contributed by atoms with van der Waals surface area (Å²) in [4.78, 5) is 36.9. The number of pyridine rings is 1. The van der Waals surface area contributed by atoms with Crippen LogP contribution in [0.15, 0.2) is 42.6 Å². The van der Waals surface area contributed by atoms with E-state index in [2.05, 4.69) is 20.2 Å². The largest absolute Gasteiger partial charge is 0.353 e. The van der Waals surface area contributed by atoms with Gasteiger partial charge in [-0.2, -0.15) is 0 Å². The highest BCUT2D eigenvalue weighted by Crippen LogP contribution is 2.27. The number of nitrogens with zero attached hydrogens (tertiary/aromatic N) is 4. The van der Waals surface area contributed by atoms with Crippen molar-refractivity contribution in [2.45, 2.75) is 6.92 Å². The van der Waals surface area contributed by atoms with E-state index < -0.39 is 0 Å². The van der Waals surface area contributed by atoms with Crippen molar-refractivity contribution >= 4 is 44.3 Å². The fraction of sp³-hybridized carbons (Fsp3) is 0.263. The molecule has 2 aromatic heterocycles. The number of piperazine rings is 1. The van der Waals surface area contributed by atoms with Crippen molar-refractivity contribution in [2.75, 3.05) is 36.4 Å². The van der Waals surface area contributed by atoms with Crippen molar-refractivity contribution in [3.63, 3.8) is 0 Å². The number of thiazole rings is 1. The quantitative estimate of drug-likeness (QED) is 0.755. The van der Waals surface area contributed by atoms with Crippen molar-refractivity contribution in [3.8, 4) is 0 Å². The van der Waals surface area contributed by atoms with Gasteiger partial charge < -0.3 is 15.1 Å². The topological polar surface area (TPSA) is 78.4 Å². The van der Waals surface area contributed by atoms with Crippen LogP contribution in [0.1, 0.15) is 17.3 Å². The first-order valence-corrected chi connectivity index (χ1v) is 9.55. The van der Waals surface area contributed by atoms with Gasteiger partial charge in [0.2, 0.25) is 5.91 Å². The van der Waals surface area contributed by atoms with Gasteiger partial charge in [0.05, 0.1) is 10.2 Å². The number of amides is 2. The van der Waals surface area contributed by atoms with Crippen LogP contribution in [0.3, 0.4) is 0 Å². The van der Waals surface area contributed by atoms with Crippen LogP contribution in [0.5, 0.6) is 0 Å². The summed E-state index contributed by atoms with van der Waals surface area (Å²) in [7, 11) is 0. The summed E-state index contributed by atoms with van der Waals surface area (Å²) in [6.45, 7) is 4.29. The Bertz CT molecular complexity index is 980. The zero-order valence-electron chi connectivity index (χ0n) is 14.9. The Labute approximate surface area is 160 Å². The first-order valence-electron chi connectivity index (χ1n) is 8.73. The molecule has 0 aliphatic carbocycles. The Morgan fingerprint density at radius 3 is 2.63 bits per heavy atom. The smallest absolute Gasteiger partial charge is 0.254 e. The number of carbonyl (C=O) groups excluding carboxylic acids is 2. The predicted octanol–water partition coefficient (Wildman–Crippen LogP) is 2.61. The molecule has 0 bridgehead atoms. The molecule has 7 nitrogen and oxygen atoms in total. The fourth-order valence-corrected chi connectivity index (χ4v) is 4.07. The third kappa shape index (κ3) is 3.75. The first kappa shape index (κ1) is 17.4. The SMILES string of the molecule is CC(=O)Nc1nc2ccc(C(=O)N3CCN(c4ccccn4)CC3)cc2s1. The van der Waals surface area contributed by atoms with Crippen LogP contribution < -0.4 is 10.2 Å². The molecule has 1 fully saturated rings. The van der Waals surface area contributed by atoms with Crippen LogP contribution in [0.25, 0.3) is 10.2 Å². The Kier molecular flexibility index (Phi) is 4.72. The number of anilines is 2. The molecule has 138 valence electrons. The Hall–Kier alpha value is -3.00. The minimum absolute atomic E-state index is 0.0204. The van der Waals surface area contributed by atoms with Crippen LogP contribution in [0.4, 0.5) is 10.9 Å². The average molecular weight is 381 g/mol. The molecule has 1 N–H and O–H groups in total. The lowest BCUT2D eigenvalue weighted by molar-refractivity contribution is -0.114. The number of carbonyl (C=O) groups is 2. The zero-order valence-corrected chi connectivity index (χ0v) is 15.7. The minimum atomic E-state index is -0.156. The molecule has 1 saturated heterocycles. The summed E-state index contributed by atoms with van der Waals surface area (Å²) in [5, 5.41) is 3.24. The van der Waals surface area contributed by atoms with Crippen molar-refractivity contribution in [3.05, 3.63) is 48.2 Å². The highest BCUT2D eigenvalue weighted by Gasteiger charge is 2.23. The highest BCUT2D eigenvalue weighted by atomic mass is 32.1. The second kappa shape index (κ2) is 7.32. The van der Waals surface area contributed by atoms with E-state index in [4.69, 9.17) is 0 Å². The van der Waals surface area contributed by atoms with Crippen LogP contribution in [-0.2, 0) is 4.79 Å². The van der Waals surface area contributed by atoms with E-state index in [1.54, 1.807) is 12.3 Å². The maximum absolute atomic E-state index is 12.9. The van der Waals surface area contributed by atoms with Crippen LogP contribution in [0, 0.1) is 0 Å². The standard InChI is InChI=1S/C19H19N5O2S/c1-13(25)21-19-22-15-6-5-14(12-16(15)27-19)18(26)24-10-8-23(9-11-24)17-4-2-3-7-20-17/h2-7,12H,8-11H2,1H3,(H,21,22,25). The lowest BCUT2D eigenvalue weighted by Crippen LogP contribution is -2.49. The van der Waals surface area contributed by atoms with Gasteiger partial charge in [0.25, 0.3) is 5.91 Å². The van der Waals surface area contributed by atoms with Crippen LogP contribution >= 0.6 is 11.3 Å². The highest BCUT2D eigenvalue weighted by molar-refractivity contribution is 7.22. The van der Waals surface area contributed by atoms with Gasteiger partial charge >= 0.3 is 0 Å².